The molecule has 0 aliphatic rings. The standard InChI is InChI=1S/C16H20N2O2S/c1-3-14-11(2)10-15(21-14)16(19)18-12-4-6-13(7-5-12)20-9-8-17/h4-7,10H,3,8-9,17H2,1-2H3,(H,18,19). The number of anilines is 1. The van der Waals surface area contributed by atoms with E-state index in [0.29, 0.717) is 13.2 Å². The lowest BCUT2D eigenvalue weighted by Crippen LogP contribution is -2.11. The van der Waals surface area contributed by atoms with Gasteiger partial charge < -0.3 is 15.8 Å². The van der Waals surface area contributed by atoms with Gasteiger partial charge in [-0.25, -0.2) is 0 Å². The molecule has 4 nitrogen and oxygen atoms in total. The quantitative estimate of drug-likeness (QED) is 0.861. The monoisotopic (exact) mass is 304 g/mol. The zero-order valence-corrected chi connectivity index (χ0v) is 13.1. The maximum atomic E-state index is 12.2. The van der Waals surface area contributed by atoms with Gasteiger partial charge in [0.1, 0.15) is 12.4 Å². The van der Waals surface area contributed by atoms with Gasteiger partial charge in [-0.2, -0.15) is 0 Å². The summed E-state index contributed by atoms with van der Waals surface area (Å²) in [5.74, 6) is 0.678. The lowest BCUT2D eigenvalue weighted by molar-refractivity contribution is 0.103. The van der Waals surface area contributed by atoms with Crippen molar-refractivity contribution >= 4 is 22.9 Å². The van der Waals surface area contributed by atoms with E-state index in [-0.39, 0.29) is 5.91 Å². The molecular weight excluding hydrogens is 284 g/mol. The van der Waals surface area contributed by atoms with E-state index in [4.69, 9.17) is 10.5 Å². The molecule has 0 unspecified atom stereocenters. The first-order chi connectivity index (χ1) is 10.1. The van der Waals surface area contributed by atoms with E-state index in [0.717, 1.165) is 22.7 Å². The highest BCUT2D eigenvalue weighted by Crippen LogP contribution is 2.24. The minimum atomic E-state index is -0.0709. The Labute approximate surface area is 128 Å². The molecule has 2 aromatic rings. The van der Waals surface area contributed by atoms with Gasteiger partial charge in [0.25, 0.3) is 5.91 Å². The fourth-order valence-electron chi connectivity index (χ4n) is 1.99. The number of carbonyl (C=O) groups excluding carboxylic acids is 1. The van der Waals surface area contributed by atoms with E-state index in [1.54, 1.807) is 11.3 Å². The largest absolute Gasteiger partial charge is 0.492 e. The Morgan fingerprint density at radius 2 is 2.05 bits per heavy atom. The van der Waals surface area contributed by atoms with Gasteiger partial charge in [0.15, 0.2) is 0 Å². The Kier molecular flexibility index (Phi) is 5.36. The van der Waals surface area contributed by atoms with Crippen LogP contribution in [0.15, 0.2) is 30.3 Å². The number of carbonyl (C=O) groups is 1. The van der Waals surface area contributed by atoms with E-state index in [9.17, 15) is 4.79 Å². The zero-order valence-electron chi connectivity index (χ0n) is 12.3. The molecule has 2 rings (SSSR count). The van der Waals surface area contributed by atoms with Crippen molar-refractivity contribution in [3.63, 3.8) is 0 Å². The highest BCUT2D eigenvalue weighted by molar-refractivity contribution is 7.14. The van der Waals surface area contributed by atoms with Crippen molar-refractivity contribution in [1.82, 2.24) is 0 Å². The molecule has 1 heterocycles. The molecule has 0 saturated carbocycles. The van der Waals surface area contributed by atoms with Crippen molar-refractivity contribution in [3.05, 3.63) is 45.6 Å². The number of amides is 1. The maximum Gasteiger partial charge on any atom is 0.265 e. The molecule has 0 bridgehead atoms. The van der Waals surface area contributed by atoms with E-state index in [1.807, 2.05) is 37.3 Å². The van der Waals surface area contributed by atoms with Crippen molar-refractivity contribution in [2.45, 2.75) is 20.3 Å². The predicted octanol–water partition coefficient (Wildman–Crippen LogP) is 3.21. The zero-order chi connectivity index (χ0) is 15.2. The summed E-state index contributed by atoms with van der Waals surface area (Å²) in [6.07, 6.45) is 0.955. The molecule has 1 amide bonds. The van der Waals surface area contributed by atoms with Crippen LogP contribution in [0, 0.1) is 6.92 Å². The van der Waals surface area contributed by atoms with Crippen molar-refractivity contribution in [3.8, 4) is 5.75 Å². The van der Waals surface area contributed by atoms with Crippen LogP contribution in [0.5, 0.6) is 5.75 Å². The topological polar surface area (TPSA) is 64.3 Å². The second-order valence-electron chi connectivity index (χ2n) is 4.69. The smallest absolute Gasteiger partial charge is 0.265 e. The summed E-state index contributed by atoms with van der Waals surface area (Å²) < 4.78 is 5.40. The van der Waals surface area contributed by atoms with E-state index < -0.39 is 0 Å². The van der Waals surface area contributed by atoms with Crippen molar-refractivity contribution in [1.29, 1.82) is 0 Å². The Morgan fingerprint density at radius 3 is 2.62 bits per heavy atom. The van der Waals surface area contributed by atoms with Crippen molar-refractivity contribution in [2.75, 3.05) is 18.5 Å². The fraction of sp³-hybridized carbons (Fsp3) is 0.312. The number of rotatable bonds is 6. The summed E-state index contributed by atoms with van der Waals surface area (Å²) in [4.78, 5) is 14.2. The van der Waals surface area contributed by atoms with E-state index in [2.05, 4.69) is 12.2 Å². The van der Waals surface area contributed by atoms with Crippen LogP contribution >= 0.6 is 11.3 Å². The Morgan fingerprint density at radius 1 is 1.33 bits per heavy atom. The average molecular weight is 304 g/mol. The Hall–Kier alpha value is -1.85. The third-order valence-electron chi connectivity index (χ3n) is 3.06. The molecule has 0 aliphatic carbocycles. The van der Waals surface area contributed by atoms with Crippen LogP contribution in [0.2, 0.25) is 0 Å². The summed E-state index contributed by atoms with van der Waals surface area (Å²) >= 11 is 1.55. The number of hydrogen-bond donors (Lipinski definition) is 2. The second-order valence-corrected chi connectivity index (χ2v) is 5.82. The lowest BCUT2D eigenvalue weighted by Gasteiger charge is -2.06. The van der Waals surface area contributed by atoms with Crippen LogP contribution in [0.1, 0.15) is 27.0 Å². The number of nitrogens with two attached hydrogens (primary N) is 1. The van der Waals surface area contributed by atoms with Gasteiger partial charge in [0, 0.05) is 17.1 Å². The predicted molar refractivity (Wildman–Crippen MR) is 87.4 cm³/mol. The van der Waals surface area contributed by atoms with E-state index >= 15 is 0 Å². The number of nitrogens with one attached hydrogen (secondary N) is 1. The number of thiophene rings is 1. The SMILES string of the molecule is CCc1sc(C(=O)Nc2ccc(OCCN)cc2)cc1C. The highest BCUT2D eigenvalue weighted by atomic mass is 32.1. The first-order valence-electron chi connectivity index (χ1n) is 6.97. The normalized spacial score (nSPS) is 10.4. The fourth-order valence-corrected chi connectivity index (χ4v) is 3.00. The molecule has 0 atom stereocenters. The van der Waals surface area contributed by atoms with Crippen molar-refractivity contribution < 1.29 is 9.53 Å². The van der Waals surface area contributed by atoms with Crippen LogP contribution < -0.4 is 15.8 Å². The molecule has 5 heteroatoms. The summed E-state index contributed by atoms with van der Waals surface area (Å²) in [7, 11) is 0. The van der Waals surface area contributed by atoms with Gasteiger partial charge in [0.2, 0.25) is 0 Å². The van der Waals surface area contributed by atoms with Gasteiger partial charge in [-0.1, -0.05) is 6.92 Å². The summed E-state index contributed by atoms with van der Waals surface area (Å²) in [5, 5.41) is 2.90. The molecule has 21 heavy (non-hydrogen) atoms. The minimum absolute atomic E-state index is 0.0709. The van der Waals surface area contributed by atoms with Crippen molar-refractivity contribution in [2.24, 2.45) is 5.73 Å². The minimum Gasteiger partial charge on any atom is -0.492 e. The van der Waals surface area contributed by atoms with Crippen LogP contribution in [0.25, 0.3) is 0 Å². The van der Waals surface area contributed by atoms with Crippen LogP contribution in [0.3, 0.4) is 0 Å². The third-order valence-corrected chi connectivity index (χ3v) is 4.44. The number of ether oxygens (including phenoxy) is 1. The molecular formula is C16H20N2O2S. The lowest BCUT2D eigenvalue weighted by atomic mass is 10.2. The maximum absolute atomic E-state index is 12.2. The molecule has 1 aromatic carbocycles. The molecule has 112 valence electrons. The number of benzene rings is 1. The highest BCUT2D eigenvalue weighted by Gasteiger charge is 2.11. The summed E-state index contributed by atoms with van der Waals surface area (Å²) in [6.45, 7) is 5.10. The molecule has 0 fully saturated rings. The number of aryl methyl sites for hydroxylation is 2. The van der Waals surface area contributed by atoms with Crippen LogP contribution in [-0.4, -0.2) is 19.1 Å². The Balaban J connectivity index is 2.01. The van der Waals surface area contributed by atoms with Gasteiger partial charge in [-0.05, 0) is 49.2 Å². The van der Waals surface area contributed by atoms with Gasteiger partial charge in [0.05, 0.1) is 4.88 Å². The average Bonchev–Trinajstić information content (AvgIpc) is 2.88. The second kappa shape index (κ2) is 7.24. The third kappa shape index (κ3) is 4.06. The van der Waals surface area contributed by atoms with Gasteiger partial charge in [-0.15, -0.1) is 11.3 Å². The van der Waals surface area contributed by atoms with Crippen LogP contribution in [0.4, 0.5) is 5.69 Å². The summed E-state index contributed by atoms with van der Waals surface area (Å²) in [5.41, 5.74) is 7.31. The molecule has 0 spiro atoms. The van der Waals surface area contributed by atoms with E-state index in [1.165, 1.54) is 10.4 Å². The molecule has 0 radical (unpaired) electrons. The molecule has 3 N–H and O–H groups in total. The summed E-state index contributed by atoms with van der Waals surface area (Å²) in [6, 6.07) is 9.23. The van der Waals surface area contributed by atoms with Crippen LogP contribution in [-0.2, 0) is 6.42 Å². The van der Waals surface area contributed by atoms with Gasteiger partial charge in [-0.3, -0.25) is 4.79 Å². The number of hydrogen-bond acceptors (Lipinski definition) is 4. The first kappa shape index (κ1) is 15.5. The Bertz CT molecular complexity index is 605. The molecule has 1 aromatic heterocycles. The molecule has 0 aliphatic heterocycles. The molecule has 0 saturated heterocycles. The first-order valence-corrected chi connectivity index (χ1v) is 7.79. The van der Waals surface area contributed by atoms with Gasteiger partial charge >= 0.3 is 0 Å².